The molecule has 2 N–H and O–H groups in total. The summed E-state index contributed by atoms with van der Waals surface area (Å²) < 4.78 is 1.82. The first-order valence-electron chi connectivity index (χ1n) is 6.14. The first-order valence-corrected chi connectivity index (χ1v) is 6.14. The Morgan fingerprint density at radius 1 is 1.50 bits per heavy atom. The lowest BCUT2D eigenvalue weighted by Gasteiger charge is -2.02. The normalized spacial score (nSPS) is 10.9. The summed E-state index contributed by atoms with van der Waals surface area (Å²) in [5.74, 6) is -0.252. The zero-order valence-electron chi connectivity index (χ0n) is 10.4. The van der Waals surface area contributed by atoms with Gasteiger partial charge in [0, 0.05) is 6.20 Å². The molecule has 0 saturated carbocycles. The third-order valence-electron chi connectivity index (χ3n) is 2.81. The number of carboxylic acid groups (broad SMARTS) is 1. The van der Waals surface area contributed by atoms with Crippen LogP contribution in [0.3, 0.4) is 0 Å². The van der Waals surface area contributed by atoms with Crippen molar-refractivity contribution in [1.29, 1.82) is 0 Å². The van der Waals surface area contributed by atoms with Crippen LogP contribution < -0.4 is 5.32 Å². The van der Waals surface area contributed by atoms with Crippen LogP contribution in [-0.2, 0) is 6.54 Å². The standard InChI is InChI=1S/C13H17N3O2/c1-2-3-7-14-9-11-15-12(13(17)18)10-6-4-5-8-16(10)11/h4-6,8,14H,2-3,7,9H2,1H3,(H,17,18). The molecule has 0 bridgehead atoms. The first-order chi connectivity index (χ1) is 8.74. The van der Waals surface area contributed by atoms with Crippen molar-refractivity contribution in [2.24, 2.45) is 0 Å². The number of pyridine rings is 1. The molecule has 2 rings (SSSR count). The van der Waals surface area contributed by atoms with Crippen molar-refractivity contribution >= 4 is 11.5 Å². The highest BCUT2D eigenvalue weighted by molar-refractivity contribution is 5.93. The topological polar surface area (TPSA) is 66.6 Å². The Labute approximate surface area is 105 Å². The maximum absolute atomic E-state index is 11.1. The van der Waals surface area contributed by atoms with Gasteiger partial charge in [-0.2, -0.15) is 0 Å². The molecule has 0 amide bonds. The molecule has 2 heterocycles. The average Bonchev–Trinajstić information content (AvgIpc) is 2.74. The van der Waals surface area contributed by atoms with Gasteiger partial charge in [0.25, 0.3) is 0 Å². The van der Waals surface area contributed by atoms with E-state index in [2.05, 4.69) is 17.2 Å². The number of aromatic carboxylic acids is 1. The van der Waals surface area contributed by atoms with Crippen molar-refractivity contribution in [2.45, 2.75) is 26.3 Å². The number of imidazole rings is 1. The number of carbonyl (C=O) groups is 1. The van der Waals surface area contributed by atoms with Crippen LogP contribution in [0.4, 0.5) is 0 Å². The van der Waals surface area contributed by atoms with Gasteiger partial charge in [-0.3, -0.25) is 0 Å². The second-order valence-corrected chi connectivity index (χ2v) is 4.17. The number of carboxylic acids is 1. The van der Waals surface area contributed by atoms with Crippen LogP contribution in [-0.4, -0.2) is 27.0 Å². The molecule has 5 nitrogen and oxygen atoms in total. The number of hydrogen-bond donors (Lipinski definition) is 2. The van der Waals surface area contributed by atoms with Crippen molar-refractivity contribution in [3.63, 3.8) is 0 Å². The largest absolute Gasteiger partial charge is 0.476 e. The SMILES string of the molecule is CCCCNCc1nc(C(=O)O)c2ccccn12. The molecule has 0 fully saturated rings. The van der Waals surface area contributed by atoms with Gasteiger partial charge in [-0.05, 0) is 25.1 Å². The highest BCUT2D eigenvalue weighted by atomic mass is 16.4. The molecule has 96 valence electrons. The van der Waals surface area contributed by atoms with Crippen LogP contribution in [0, 0.1) is 0 Å². The molecule has 0 aliphatic rings. The van der Waals surface area contributed by atoms with Crippen molar-refractivity contribution in [3.05, 3.63) is 35.9 Å². The van der Waals surface area contributed by atoms with Crippen LogP contribution in [0.1, 0.15) is 36.1 Å². The predicted molar refractivity (Wildman–Crippen MR) is 68.8 cm³/mol. The van der Waals surface area contributed by atoms with Gasteiger partial charge < -0.3 is 14.8 Å². The van der Waals surface area contributed by atoms with Gasteiger partial charge in [-0.25, -0.2) is 9.78 Å². The van der Waals surface area contributed by atoms with Crippen LogP contribution in [0.15, 0.2) is 24.4 Å². The average molecular weight is 247 g/mol. The molecule has 5 heteroatoms. The predicted octanol–water partition coefficient (Wildman–Crippen LogP) is 1.92. The van der Waals surface area contributed by atoms with Crippen LogP contribution in [0.5, 0.6) is 0 Å². The van der Waals surface area contributed by atoms with E-state index in [1.165, 1.54) is 0 Å². The maximum Gasteiger partial charge on any atom is 0.356 e. The van der Waals surface area contributed by atoms with E-state index in [1.54, 1.807) is 6.07 Å². The van der Waals surface area contributed by atoms with Gasteiger partial charge >= 0.3 is 5.97 Å². The van der Waals surface area contributed by atoms with E-state index in [4.69, 9.17) is 5.11 Å². The summed E-state index contributed by atoms with van der Waals surface area (Å²) in [6.45, 7) is 3.63. The molecule has 2 aromatic rings. The number of nitrogens with one attached hydrogen (secondary N) is 1. The van der Waals surface area contributed by atoms with Crippen LogP contribution in [0.25, 0.3) is 5.52 Å². The maximum atomic E-state index is 11.1. The Kier molecular flexibility index (Phi) is 3.94. The molecule has 18 heavy (non-hydrogen) atoms. The molecule has 0 aliphatic carbocycles. The minimum atomic E-state index is -0.987. The number of nitrogens with zero attached hydrogens (tertiary/aromatic N) is 2. The fourth-order valence-corrected chi connectivity index (χ4v) is 1.89. The van der Waals surface area contributed by atoms with E-state index in [0.29, 0.717) is 12.1 Å². The number of unbranched alkanes of at least 4 members (excludes halogenated alkanes) is 1. The monoisotopic (exact) mass is 247 g/mol. The van der Waals surface area contributed by atoms with E-state index in [-0.39, 0.29) is 5.69 Å². The lowest BCUT2D eigenvalue weighted by Crippen LogP contribution is -2.16. The lowest BCUT2D eigenvalue weighted by molar-refractivity contribution is 0.0693. The lowest BCUT2D eigenvalue weighted by atomic mass is 10.3. The zero-order valence-corrected chi connectivity index (χ0v) is 10.4. The van der Waals surface area contributed by atoms with Crippen LogP contribution >= 0.6 is 0 Å². The van der Waals surface area contributed by atoms with E-state index < -0.39 is 5.97 Å². The first kappa shape index (κ1) is 12.6. The molecular weight excluding hydrogens is 230 g/mol. The summed E-state index contributed by atoms with van der Waals surface area (Å²) in [7, 11) is 0. The van der Waals surface area contributed by atoms with Gasteiger partial charge in [0.05, 0.1) is 12.1 Å². The van der Waals surface area contributed by atoms with E-state index in [1.807, 2.05) is 22.7 Å². The van der Waals surface area contributed by atoms with Crippen molar-refractivity contribution in [2.75, 3.05) is 6.54 Å². The van der Waals surface area contributed by atoms with Gasteiger partial charge in [0.15, 0.2) is 5.69 Å². The molecule has 0 saturated heterocycles. The highest BCUT2D eigenvalue weighted by Crippen LogP contribution is 2.13. The fraction of sp³-hybridized carbons (Fsp3) is 0.385. The van der Waals surface area contributed by atoms with Crippen molar-refractivity contribution in [3.8, 4) is 0 Å². The summed E-state index contributed by atoms with van der Waals surface area (Å²) in [6.07, 6.45) is 4.08. The van der Waals surface area contributed by atoms with Crippen LogP contribution in [0.2, 0.25) is 0 Å². The Hall–Kier alpha value is -1.88. The number of fused-ring (bicyclic) bond motifs is 1. The van der Waals surface area contributed by atoms with Gasteiger partial charge in [0.2, 0.25) is 0 Å². The van der Waals surface area contributed by atoms with E-state index in [9.17, 15) is 4.79 Å². The molecule has 2 aromatic heterocycles. The summed E-state index contributed by atoms with van der Waals surface area (Å²) in [5, 5.41) is 12.4. The third-order valence-corrected chi connectivity index (χ3v) is 2.81. The van der Waals surface area contributed by atoms with Crippen molar-refractivity contribution < 1.29 is 9.90 Å². The molecule has 0 atom stereocenters. The summed E-state index contributed by atoms with van der Waals surface area (Å²) in [5.41, 5.74) is 0.750. The fourth-order valence-electron chi connectivity index (χ4n) is 1.89. The van der Waals surface area contributed by atoms with E-state index in [0.717, 1.165) is 25.2 Å². The summed E-state index contributed by atoms with van der Waals surface area (Å²) in [6, 6.07) is 5.46. The number of aromatic nitrogens is 2. The minimum absolute atomic E-state index is 0.114. The van der Waals surface area contributed by atoms with E-state index >= 15 is 0 Å². The second kappa shape index (κ2) is 5.64. The highest BCUT2D eigenvalue weighted by Gasteiger charge is 2.15. The third kappa shape index (κ3) is 2.51. The van der Waals surface area contributed by atoms with Crippen molar-refractivity contribution in [1.82, 2.24) is 14.7 Å². The molecule has 0 aliphatic heterocycles. The molecule has 0 unspecified atom stereocenters. The molecule has 0 spiro atoms. The smallest absolute Gasteiger partial charge is 0.356 e. The number of rotatable bonds is 6. The Balaban J connectivity index is 2.24. The zero-order chi connectivity index (χ0) is 13.0. The number of hydrogen-bond acceptors (Lipinski definition) is 3. The summed E-state index contributed by atoms with van der Waals surface area (Å²) >= 11 is 0. The molecule has 0 radical (unpaired) electrons. The molecule has 0 aromatic carbocycles. The minimum Gasteiger partial charge on any atom is -0.476 e. The quantitative estimate of drug-likeness (QED) is 0.765. The van der Waals surface area contributed by atoms with Gasteiger partial charge in [0.1, 0.15) is 5.82 Å². The second-order valence-electron chi connectivity index (χ2n) is 4.17. The summed E-state index contributed by atoms with van der Waals surface area (Å²) in [4.78, 5) is 15.3. The van der Waals surface area contributed by atoms with Gasteiger partial charge in [-0.15, -0.1) is 0 Å². The Morgan fingerprint density at radius 3 is 3.06 bits per heavy atom. The Bertz CT molecular complexity index is 548. The Morgan fingerprint density at radius 2 is 2.33 bits per heavy atom. The molecular formula is C13H17N3O2. The van der Waals surface area contributed by atoms with Gasteiger partial charge in [-0.1, -0.05) is 19.4 Å².